The molecule has 0 spiro atoms. The highest BCUT2D eigenvalue weighted by molar-refractivity contribution is 7.10. The van der Waals surface area contributed by atoms with Gasteiger partial charge in [-0.1, -0.05) is 0 Å². The first-order valence-electron chi connectivity index (χ1n) is 3.02. The Labute approximate surface area is 63.9 Å². The molecule has 0 unspecified atom stereocenters. The molecule has 1 heterocycles. The highest BCUT2D eigenvalue weighted by atomic mass is 32.1. The van der Waals surface area contributed by atoms with E-state index in [1.807, 2.05) is 18.4 Å². The lowest BCUT2D eigenvalue weighted by molar-refractivity contribution is 0.0963. The monoisotopic (exact) mass is 155 g/mol. The summed E-state index contributed by atoms with van der Waals surface area (Å²) in [5.41, 5.74) is 0.785. The fourth-order valence-corrected chi connectivity index (χ4v) is 1.45. The van der Waals surface area contributed by atoms with E-state index in [1.54, 1.807) is 18.4 Å². The van der Waals surface area contributed by atoms with Crippen molar-refractivity contribution < 1.29 is 4.79 Å². The van der Waals surface area contributed by atoms with Crippen LogP contribution in [0.2, 0.25) is 0 Å². The molecular formula is C7H9NOS. The van der Waals surface area contributed by atoms with Crippen LogP contribution in [0.4, 0.5) is 0 Å². The molecule has 0 aliphatic heterocycles. The van der Waals surface area contributed by atoms with Gasteiger partial charge in [-0.2, -0.15) is 0 Å². The summed E-state index contributed by atoms with van der Waals surface area (Å²) in [4.78, 5) is 12.1. The van der Waals surface area contributed by atoms with E-state index in [0.717, 1.165) is 10.4 Å². The molecule has 1 rings (SSSR count). The van der Waals surface area contributed by atoms with Gasteiger partial charge in [-0.3, -0.25) is 4.79 Å². The van der Waals surface area contributed by atoms with E-state index < -0.39 is 0 Å². The van der Waals surface area contributed by atoms with Gasteiger partial charge in [0.05, 0.1) is 5.56 Å². The van der Waals surface area contributed by atoms with Crippen LogP contribution in [-0.2, 0) is 0 Å². The van der Waals surface area contributed by atoms with Crippen molar-refractivity contribution in [3.05, 3.63) is 21.9 Å². The molecule has 54 valence electrons. The van der Waals surface area contributed by atoms with E-state index >= 15 is 0 Å². The van der Waals surface area contributed by atoms with Crippen LogP contribution in [0.25, 0.3) is 0 Å². The lowest BCUT2D eigenvalue weighted by atomic mass is 10.2. The Bertz CT molecular complexity index is 242. The lowest BCUT2D eigenvalue weighted by Gasteiger charge is -1.95. The number of hydrogen-bond donors (Lipinski definition) is 1. The molecule has 1 aromatic rings. The maximum Gasteiger partial charge on any atom is 0.252 e. The molecule has 0 aliphatic rings. The quantitative estimate of drug-likeness (QED) is 0.653. The van der Waals surface area contributed by atoms with Crippen molar-refractivity contribution >= 4 is 17.2 Å². The second-order valence-corrected chi connectivity index (χ2v) is 3.09. The molecule has 1 N–H and O–H groups in total. The molecule has 10 heavy (non-hydrogen) atoms. The van der Waals surface area contributed by atoms with Gasteiger partial charge in [-0.15, -0.1) is 11.3 Å². The Morgan fingerprint density at radius 2 is 2.40 bits per heavy atom. The second-order valence-electron chi connectivity index (χ2n) is 1.97. The van der Waals surface area contributed by atoms with Crippen LogP contribution >= 0.6 is 11.3 Å². The number of amides is 1. The van der Waals surface area contributed by atoms with Crippen LogP contribution in [0.5, 0.6) is 0 Å². The number of aryl methyl sites for hydroxylation is 1. The van der Waals surface area contributed by atoms with Crippen molar-refractivity contribution in [3.8, 4) is 0 Å². The summed E-state index contributed by atoms with van der Waals surface area (Å²) in [6, 6.07) is 1.83. The molecule has 2 nitrogen and oxygen atoms in total. The molecule has 0 aliphatic carbocycles. The Hall–Kier alpha value is -0.830. The third-order valence-corrected chi connectivity index (χ3v) is 2.18. The summed E-state index contributed by atoms with van der Waals surface area (Å²) in [5, 5.41) is 4.49. The predicted molar refractivity (Wildman–Crippen MR) is 42.4 cm³/mol. The van der Waals surface area contributed by atoms with Crippen LogP contribution in [0, 0.1) is 6.92 Å². The Kier molecular flexibility index (Phi) is 2.06. The lowest BCUT2D eigenvalue weighted by Crippen LogP contribution is -2.17. The summed E-state index contributed by atoms with van der Waals surface area (Å²) in [5.74, 6) is -0.00116. The fourth-order valence-electron chi connectivity index (χ4n) is 0.755. The number of carbonyl (C=O) groups excluding carboxylic acids is 1. The predicted octanol–water partition coefficient (Wildman–Crippen LogP) is 1.42. The Balaban J connectivity index is 2.93. The smallest absolute Gasteiger partial charge is 0.252 e. The van der Waals surface area contributed by atoms with Gasteiger partial charge in [0.15, 0.2) is 0 Å². The molecule has 1 amide bonds. The van der Waals surface area contributed by atoms with E-state index in [1.165, 1.54) is 0 Å². The van der Waals surface area contributed by atoms with Crippen LogP contribution in [-0.4, -0.2) is 13.0 Å². The molecule has 0 saturated carbocycles. The molecule has 0 radical (unpaired) electrons. The highest BCUT2D eigenvalue weighted by Gasteiger charge is 2.05. The van der Waals surface area contributed by atoms with E-state index in [9.17, 15) is 4.79 Å². The maximum atomic E-state index is 11.0. The van der Waals surface area contributed by atoms with Gasteiger partial charge in [0.1, 0.15) is 0 Å². The topological polar surface area (TPSA) is 29.1 Å². The number of carbonyl (C=O) groups is 1. The summed E-state index contributed by atoms with van der Waals surface area (Å²) < 4.78 is 0. The summed E-state index contributed by atoms with van der Waals surface area (Å²) in [7, 11) is 1.64. The van der Waals surface area contributed by atoms with Gasteiger partial charge in [0, 0.05) is 11.9 Å². The highest BCUT2D eigenvalue weighted by Crippen LogP contribution is 2.13. The van der Waals surface area contributed by atoms with Crippen molar-refractivity contribution in [2.45, 2.75) is 6.92 Å². The van der Waals surface area contributed by atoms with Gasteiger partial charge in [-0.05, 0) is 18.4 Å². The van der Waals surface area contributed by atoms with E-state index in [0.29, 0.717) is 0 Å². The van der Waals surface area contributed by atoms with Crippen LogP contribution in [0.1, 0.15) is 15.2 Å². The molecule has 3 heteroatoms. The molecule has 1 aromatic heterocycles. The maximum absolute atomic E-state index is 11.0. The zero-order valence-electron chi connectivity index (χ0n) is 5.97. The zero-order chi connectivity index (χ0) is 7.56. The second kappa shape index (κ2) is 2.84. The summed E-state index contributed by atoms with van der Waals surface area (Å²) >= 11 is 1.59. The third-order valence-electron chi connectivity index (χ3n) is 1.33. The zero-order valence-corrected chi connectivity index (χ0v) is 6.79. The van der Waals surface area contributed by atoms with Gasteiger partial charge in [-0.25, -0.2) is 0 Å². The Morgan fingerprint density at radius 1 is 1.70 bits per heavy atom. The van der Waals surface area contributed by atoms with Crippen molar-refractivity contribution in [1.29, 1.82) is 0 Å². The molecule has 0 bridgehead atoms. The van der Waals surface area contributed by atoms with E-state index in [2.05, 4.69) is 5.32 Å². The fraction of sp³-hybridized carbons (Fsp3) is 0.286. The summed E-state index contributed by atoms with van der Waals surface area (Å²) in [6.45, 7) is 1.94. The average Bonchev–Trinajstić information content (AvgIpc) is 2.34. The van der Waals surface area contributed by atoms with Crippen LogP contribution in [0.3, 0.4) is 0 Å². The molecule has 0 saturated heterocycles. The minimum atomic E-state index is -0.00116. The standard InChI is InChI=1S/C7H9NOS/c1-5-6(3-4-10-5)7(9)8-2/h3-4H,1-2H3,(H,8,9). The first-order chi connectivity index (χ1) is 4.75. The molecule has 0 aromatic carbocycles. The number of nitrogens with one attached hydrogen (secondary N) is 1. The molecular weight excluding hydrogens is 146 g/mol. The SMILES string of the molecule is CNC(=O)c1ccsc1C. The number of hydrogen-bond acceptors (Lipinski definition) is 2. The Morgan fingerprint density at radius 3 is 2.80 bits per heavy atom. The van der Waals surface area contributed by atoms with Gasteiger partial charge in [0.25, 0.3) is 5.91 Å². The normalized spacial score (nSPS) is 9.40. The van der Waals surface area contributed by atoms with Crippen molar-refractivity contribution in [2.75, 3.05) is 7.05 Å². The number of thiophene rings is 1. The van der Waals surface area contributed by atoms with Crippen molar-refractivity contribution in [2.24, 2.45) is 0 Å². The summed E-state index contributed by atoms with van der Waals surface area (Å²) in [6.07, 6.45) is 0. The largest absolute Gasteiger partial charge is 0.355 e. The van der Waals surface area contributed by atoms with Gasteiger partial charge >= 0.3 is 0 Å². The van der Waals surface area contributed by atoms with Crippen molar-refractivity contribution in [3.63, 3.8) is 0 Å². The van der Waals surface area contributed by atoms with Crippen LogP contribution in [0.15, 0.2) is 11.4 Å². The molecule has 0 fully saturated rings. The van der Waals surface area contributed by atoms with Crippen molar-refractivity contribution in [1.82, 2.24) is 5.32 Å². The van der Waals surface area contributed by atoms with Gasteiger partial charge < -0.3 is 5.32 Å². The molecule has 0 atom stereocenters. The van der Waals surface area contributed by atoms with Gasteiger partial charge in [0.2, 0.25) is 0 Å². The third kappa shape index (κ3) is 1.19. The van der Waals surface area contributed by atoms with E-state index in [-0.39, 0.29) is 5.91 Å². The first kappa shape index (κ1) is 7.28. The number of rotatable bonds is 1. The van der Waals surface area contributed by atoms with Crippen LogP contribution < -0.4 is 5.32 Å². The minimum absolute atomic E-state index is 0.00116. The average molecular weight is 155 g/mol. The van der Waals surface area contributed by atoms with E-state index in [4.69, 9.17) is 0 Å². The first-order valence-corrected chi connectivity index (χ1v) is 3.90. The minimum Gasteiger partial charge on any atom is -0.355 e.